The molecule has 0 atom stereocenters. The van der Waals surface area contributed by atoms with Gasteiger partial charge in [-0.15, -0.1) is 10.8 Å². The molecule has 0 aromatic carbocycles. The molecule has 0 aromatic rings. The number of hydrogen-bond donors (Lipinski definition) is 0. The van der Waals surface area contributed by atoms with Crippen LogP contribution in [-0.4, -0.2) is 0 Å². The largest absolute Gasteiger partial charge is 2.00 e. The Kier molecular flexibility index (Phi) is 6.98. The summed E-state index contributed by atoms with van der Waals surface area (Å²) < 4.78 is 0. The summed E-state index contributed by atoms with van der Waals surface area (Å²) >= 11 is 0. The quantitative estimate of drug-likeness (QED) is 0.500. The summed E-state index contributed by atoms with van der Waals surface area (Å²) in [5.41, 5.74) is 0.298. The van der Waals surface area contributed by atoms with Crippen LogP contribution in [0.15, 0.2) is 12.2 Å². The molecule has 0 N–H and O–H groups in total. The van der Waals surface area contributed by atoms with Gasteiger partial charge in [-0.2, -0.15) is 0 Å². The van der Waals surface area contributed by atoms with Crippen molar-refractivity contribution in [3.05, 3.63) is 24.3 Å². The van der Waals surface area contributed by atoms with Crippen LogP contribution in [0.1, 0.15) is 41.5 Å². The van der Waals surface area contributed by atoms with E-state index in [-0.39, 0.29) is 31.9 Å². The Balaban J connectivity index is 0. The SMILES string of the molecule is CC(C)(C)[C-]=CC=[C-]C(C)(C)C.[W+2]. The Morgan fingerprint density at radius 3 is 1.08 bits per heavy atom. The maximum Gasteiger partial charge on any atom is 2.00 e. The average Bonchev–Trinajstić information content (AvgIpc) is 1.76. The molecule has 0 rings (SSSR count). The summed E-state index contributed by atoms with van der Waals surface area (Å²) in [7, 11) is 0. The minimum absolute atomic E-state index is 0. The van der Waals surface area contributed by atoms with E-state index in [0.29, 0.717) is 0 Å². The molecule has 0 bridgehead atoms. The van der Waals surface area contributed by atoms with Crippen LogP contribution in [0, 0.1) is 23.0 Å². The predicted octanol–water partition coefficient (Wildman–Crippen LogP) is 3.79. The molecule has 0 spiro atoms. The molecule has 0 unspecified atom stereocenters. The van der Waals surface area contributed by atoms with Gasteiger partial charge in [-0.25, -0.2) is 0 Å². The molecule has 0 aromatic heterocycles. The van der Waals surface area contributed by atoms with Crippen molar-refractivity contribution in [3.63, 3.8) is 0 Å². The van der Waals surface area contributed by atoms with Gasteiger partial charge in [-0.05, 0) is 0 Å². The fourth-order valence-corrected chi connectivity index (χ4v) is 0.583. The maximum absolute atomic E-state index is 3.25. The molecule has 0 radical (unpaired) electrons. The third-order valence-corrected chi connectivity index (χ3v) is 1.12. The van der Waals surface area contributed by atoms with E-state index in [9.17, 15) is 0 Å². The summed E-state index contributed by atoms with van der Waals surface area (Å²) in [6.07, 6.45) is 10.4. The van der Waals surface area contributed by atoms with Gasteiger partial charge in [0.15, 0.2) is 0 Å². The summed E-state index contributed by atoms with van der Waals surface area (Å²) in [5, 5.41) is 0. The van der Waals surface area contributed by atoms with E-state index in [1.807, 2.05) is 12.2 Å². The third kappa shape index (κ3) is 15.0. The van der Waals surface area contributed by atoms with Gasteiger partial charge < -0.3 is 24.3 Å². The zero-order chi connectivity index (χ0) is 9.83. The normalized spacial score (nSPS) is 13.7. The predicted molar refractivity (Wildman–Crippen MR) is 54.5 cm³/mol. The Morgan fingerprint density at radius 1 is 0.692 bits per heavy atom. The minimum Gasteiger partial charge on any atom is -0.390 e. The molecule has 74 valence electrons. The van der Waals surface area contributed by atoms with Gasteiger partial charge in [-0.1, -0.05) is 41.5 Å². The molecular formula is C12H20W. The zero-order valence-electron chi connectivity index (χ0n) is 9.56. The van der Waals surface area contributed by atoms with Crippen molar-refractivity contribution >= 4 is 0 Å². The Hall–Kier alpha value is 0.168. The number of hydrogen-bond acceptors (Lipinski definition) is 0. The number of rotatable bonds is 1. The average molecular weight is 348 g/mol. The van der Waals surface area contributed by atoms with Gasteiger partial charge in [0.25, 0.3) is 0 Å². The van der Waals surface area contributed by atoms with Crippen LogP contribution in [0.5, 0.6) is 0 Å². The van der Waals surface area contributed by atoms with E-state index in [0.717, 1.165) is 0 Å². The van der Waals surface area contributed by atoms with E-state index in [4.69, 9.17) is 0 Å². The van der Waals surface area contributed by atoms with Crippen molar-refractivity contribution in [1.29, 1.82) is 0 Å². The zero-order valence-corrected chi connectivity index (χ0v) is 12.5. The first-order valence-corrected chi connectivity index (χ1v) is 4.41. The van der Waals surface area contributed by atoms with Crippen LogP contribution in [-0.2, 0) is 21.1 Å². The monoisotopic (exact) mass is 348 g/mol. The van der Waals surface area contributed by atoms with Crippen molar-refractivity contribution in [2.75, 3.05) is 0 Å². The Labute approximate surface area is 97.8 Å². The van der Waals surface area contributed by atoms with Crippen molar-refractivity contribution in [1.82, 2.24) is 0 Å². The van der Waals surface area contributed by atoms with Crippen LogP contribution in [0.25, 0.3) is 0 Å². The van der Waals surface area contributed by atoms with Crippen LogP contribution in [0.2, 0.25) is 0 Å². The van der Waals surface area contributed by atoms with Crippen molar-refractivity contribution in [2.45, 2.75) is 41.5 Å². The fraction of sp³-hybridized carbons (Fsp3) is 0.667. The van der Waals surface area contributed by atoms with Crippen LogP contribution in [0.3, 0.4) is 0 Å². The summed E-state index contributed by atoms with van der Waals surface area (Å²) in [5.74, 6) is 0. The molecule has 0 nitrogen and oxygen atoms in total. The third-order valence-electron chi connectivity index (χ3n) is 1.12. The molecule has 0 aliphatic rings. The summed E-state index contributed by atoms with van der Waals surface area (Å²) in [4.78, 5) is 0. The molecule has 0 amide bonds. The molecule has 0 saturated carbocycles. The Bertz CT molecular complexity index is 152. The van der Waals surface area contributed by atoms with Gasteiger partial charge in [0, 0.05) is 0 Å². The minimum atomic E-state index is 0. The second-order valence-electron chi connectivity index (χ2n) is 5.12. The molecule has 0 saturated heterocycles. The van der Waals surface area contributed by atoms with E-state index < -0.39 is 0 Å². The van der Waals surface area contributed by atoms with E-state index in [1.165, 1.54) is 0 Å². The second-order valence-corrected chi connectivity index (χ2v) is 5.12. The molecule has 0 fully saturated rings. The molecule has 0 heterocycles. The molecule has 1 heteroatoms. The molecule has 0 aliphatic heterocycles. The summed E-state index contributed by atoms with van der Waals surface area (Å²) in [6.45, 7) is 12.8. The topological polar surface area (TPSA) is 0 Å². The Morgan fingerprint density at radius 2 is 0.923 bits per heavy atom. The number of allylic oxidation sites excluding steroid dienone is 4. The molecule has 13 heavy (non-hydrogen) atoms. The smallest absolute Gasteiger partial charge is 0.390 e. The maximum atomic E-state index is 3.25. The van der Waals surface area contributed by atoms with E-state index in [1.54, 1.807) is 0 Å². The standard InChI is InChI=1S/C12H20.W/c1-11(2,3)9-7-8-10-12(4,5)6;/h7-8H,1-6H3;/q-2;+2. The van der Waals surface area contributed by atoms with Crippen LogP contribution >= 0.6 is 0 Å². The van der Waals surface area contributed by atoms with Gasteiger partial charge >= 0.3 is 21.1 Å². The first-order chi connectivity index (χ1) is 5.21. The second kappa shape index (κ2) is 5.81. The van der Waals surface area contributed by atoms with Gasteiger partial charge in [0.2, 0.25) is 0 Å². The first-order valence-electron chi connectivity index (χ1n) is 4.41. The van der Waals surface area contributed by atoms with Gasteiger partial charge in [0.05, 0.1) is 0 Å². The van der Waals surface area contributed by atoms with Crippen LogP contribution in [0.4, 0.5) is 0 Å². The summed E-state index contributed by atoms with van der Waals surface area (Å²) in [6, 6.07) is 0. The van der Waals surface area contributed by atoms with Crippen molar-refractivity contribution in [3.8, 4) is 0 Å². The van der Waals surface area contributed by atoms with E-state index in [2.05, 4.69) is 53.7 Å². The van der Waals surface area contributed by atoms with Crippen molar-refractivity contribution in [2.24, 2.45) is 10.8 Å². The van der Waals surface area contributed by atoms with Crippen molar-refractivity contribution < 1.29 is 21.1 Å². The van der Waals surface area contributed by atoms with Crippen LogP contribution < -0.4 is 0 Å². The first kappa shape index (κ1) is 15.6. The van der Waals surface area contributed by atoms with Gasteiger partial charge in [-0.3, -0.25) is 0 Å². The molecular weight excluding hydrogens is 328 g/mol. The molecule has 0 aliphatic carbocycles. The fourth-order valence-electron chi connectivity index (χ4n) is 0.583. The van der Waals surface area contributed by atoms with Gasteiger partial charge in [0.1, 0.15) is 0 Å². The van der Waals surface area contributed by atoms with E-state index >= 15 is 0 Å².